The van der Waals surface area contributed by atoms with Crippen LogP contribution in [0.15, 0.2) is 35.4 Å². The lowest BCUT2D eigenvalue weighted by Crippen LogP contribution is -2.25. The highest BCUT2D eigenvalue weighted by atomic mass is 32.1. The summed E-state index contributed by atoms with van der Waals surface area (Å²) in [6.07, 6.45) is 3.03. The molecule has 0 saturated heterocycles. The number of hydrogen-bond donors (Lipinski definition) is 1. The van der Waals surface area contributed by atoms with Gasteiger partial charge in [0.05, 0.1) is 0 Å². The number of carbonyl (C=O) groups is 1. The van der Waals surface area contributed by atoms with Gasteiger partial charge in [-0.1, -0.05) is 6.07 Å². The van der Waals surface area contributed by atoms with Crippen molar-refractivity contribution in [2.24, 2.45) is 0 Å². The third-order valence-corrected chi connectivity index (χ3v) is 4.44. The number of fused-ring (bicyclic) bond motifs is 1. The van der Waals surface area contributed by atoms with Gasteiger partial charge in [0.1, 0.15) is 5.56 Å². The fraction of sp³-hybridized carbons (Fsp3) is 0.188. The lowest BCUT2D eigenvalue weighted by atomic mass is 10.1. The molecule has 0 bridgehead atoms. The maximum atomic E-state index is 12.4. The number of aromatic nitrogens is 2. The van der Waals surface area contributed by atoms with Crippen LogP contribution in [-0.4, -0.2) is 15.3 Å². The molecule has 3 rings (SSSR count). The number of rotatable bonds is 2. The summed E-state index contributed by atoms with van der Waals surface area (Å²) in [4.78, 5) is 30.4. The summed E-state index contributed by atoms with van der Waals surface area (Å²) < 4.78 is 1.41. The largest absolute Gasteiger partial charge is 0.322 e. The highest BCUT2D eigenvalue weighted by Gasteiger charge is 2.14. The Morgan fingerprint density at radius 2 is 2.00 bits per heavy atom. The number of anilines is 1. The van der Waals surface area contributed by atoms with E-state index in [2.05, 4.69) is 10.3 Å². The second-order valence-corrected chi connectivity index (χ2v) is 6.44. The zero-order valence-corrected chi connectivity index (χ0v) is 13.3. The van der Waals surface area contributed by atoms with Crippen LogP contribution >= 0.6 is 11.3 Å². The maximum absolute atomic E-state index is 12.4. The van der Waals surface area contributed by atoms with Gasteiger partial charge in [0.15, 0.2) is 4.96 Å². The molecule has 6 heteroatoms. The first-order valence-corrected chi connectivity index (χ1v) is 7.64. The van der Waals surface area contributed by atoms with Gasteiger partial charge in [0.25, 0.3) is 11.5 Å². The average molecular weight is 313 g/mol. The molecule has 0 aliphatic rings. The lowest BCUT2D eigenvalue weighted by molar-refractivity contribution is 0.102. The van der Waals surface area contributed by atoms with Crippen molar-refractivity contribution in [3.8, 4) is 0 Å². The van der Waals surface area contributed by atoms with Gasteiger partial charge < -0.3 is 5.32 Å². The van der Waals surface area contributed by atoms with Crippen molar-refractivity contribution in [3.63, 3.8) is 0 Å². The number of benzene rings is 1. The molecule has 0 fully saturated rings. The van der Waals surface area contributed by atoms with Gasteiger partial charge in [-0.15, -0.1) is 11.3 Å². The van der Waals surface area contributed by atoms with Gasteiger partial charge in [-0.05, 0) is 44.0 Å². The quantitative estimate of drug-likeness (QED) is 0.791. The highest BCUT2D eigenvalue weighted by molar-refractivity contribution is 7.16. The number of amides is 1. The molecule has 22 heavy (non-hydrogen) atoms. The molecule has 3 aromatic rings. The van der Waals surface area contributed by atoms with Gasteiger partial charge in [-0.3, -0.25) is 14.0 Å². The maximum Gasteiger partial charge on any atom is 0.271 e. The minimum Gasteiger partial charge on any atom is -0.322 e. The Hall–Kier alpha value is -2.47. The summed E-state index contributed by atoms with van der Waals surface area (Å²) in [5, 5.41) is 2.75. The summed E-state index contributed by atoms with van der Waals surface area (Å²) in [6, 6.07) is 5.63. The molecule has 1 amide bonds. The van der Waals surface area contributed by atoms with Crippen LogP contribution in [-0.2, 0) is 0 Å². The number of hydrogen-bond acceptors (Lipinski definition) is 4. The Morgan fingerprint density at radius 3 is 2.73 bits per heavy atom. The zero-order chi connectivity index (χ0) is 15.9. The monoisotopic (exact) mass is 313 g/mol. The van der Waals surface area contributed by atoms with E-state index in [-0.39, 0.29) is 11.1 Å². The van der Waals surface area contributed by atoms with E-state index in [0.717, 1.165) is 16.0 Å². The van der Waals surface area contributed by atoms with E-state index in [4.69, 9.17) is 0 Å². The van der Waals surface area contributed by atoms with Crippen molar-refractivity contribution in [2.75, 3.05) is 5.32 Å². The van der Waals surface area contributed by atoms with Crippen LogP contribution < -0.4 is 10.9 Å². The molecular formula is C16H15N3O2S. The summed E-state index contributed by atoms with van der Waals surface area (Å²) >= 11 is 1.41. The number of nitrogens with one attached hydrogen (secondary N) is 1. The molecular weight excluding hydrogens is 298 g/mol. The minimum absolute atomic E-state index is 0.0357. The Bertz CT molecular complexity index is 940. The van der Waals surface area contributed by atoms with Crippen molar-refractivity contribution in [3.05, 3.63) is 62.5 Å². The van der Waals surface area contributed by atoms with Gasteiger partial charge in [0, 0.05) is 23.0 Å². The van der Waals surface area contributed by atoms with E-state index in [0.29, 0.717) is 10.6 Å². The fourth-order valence-corrected chi connectivity index (χ4v) is 2.95. The number of nitrogens with zero attached hydrogens (tertiary/aromatic N) is 2. The molecule has 0 aliphatic heterocycles. The minimum atomic E-state index is -0.445. The van der Waals surface area contributed by atoms with Crippen molar-refractivity contribution in [1.82, 2.24) is 9.38 Å². The van der Waals surface area contributed by atoms with Crippen LogP contribution in [0.5, 0.6) is 0 Å². The van der Waals surface area contributed by atoms with Gasteiger partial charge in [-0.25, -0.2) is 4.98 Å². The van der Waals surface area contributed by atoms with Crippen LogP contribution in [0, 0.1) is 20.8 Å². The summed E-state index contributed by atoms with van der Waals surface area (Å²) in [5.41, 5.74) is 2.58. The molecule has 1 aromatic carbocycles. The number of carbonyl (C=O) groups excluding carboxylic acids is 1. The molecule has 2 heterocycles. The predicted molar refractivity (Wildman–Crippen MR) is 87.9 cm³/mol. The molecule has 0 saturated carbocycles. The lowest BCUT2D eigenvalue weighted by Gasteiger charge is -2.07. The second-order valence-electron chi connectivity index (χ2n) is 5.22. The van der Waals surface area contributed by atoms with Crippen LogP contribution in [0.2, 0.25) is 0 Å². The summed E-state index contributed by atoms with van der Waals surface area (Å²) in [7, 11) is 0. The van der Waals surface area contributed by atoms with Crippen molar-refractivity contribution >= 4 is 27.9 Å². The van der Waals surface area contributed by atoms with Crippen molar-refractivity contribution < 1.29 is 4.79 Å². The summed E-state index contributed by atoms with van der Waals surface area (Å²) in [5.74, 6) is -0.445. The third kappa shape index (κ3) is 2.53. The van der Waals surface area contributed by atoms with E-state index < -0.39 is 5.91 Å². The Kier molecular flexibility index (Phi) is 3.54. The van der Waals surface area contributed by atoms with Crippen molar-refractivity contribution in [2.45, 2.75) is 20.8 Å². The smallest absolute Gasteiger partial charge is 0.271 e. The molecule has 2 aromatic heterocycles. The summed E-state index contributed by atoms with van der Waals surface area (Å²) in [6.45, 7) is 5.87. The molecule has 0 radical (unpaired) electrons. The first-order valence-electron chi connectivity index (χ1n) is 6.82. The van der Waals surface area contributed by atoms with E-state index in [9.17, 15) is 9.59 Å². The topological polar surface area (TPSA) is 63.5 Å². The second kappa shape index (κ2) is 5.38. The van der Waals surface area contributed by atoms with E-state index in [1.165, 1.54) is 21.9 Å². The van der Waals surface area contributed by atoms with E-state index in [1.807, 2.05) is 39.0 Å². The van der Waals surface area contributed by atoms with Crippen LogP contribution in [0.3, 0.4) is 0 Å². The highest BCUT2D eigenvalue weighted by Crippen LogP contribution is 2.16. The third-order valence-electron chi connectivity index (χ3n) is 3.53. The number of aryl methyl sites for hydroxylation is 3. The molecule has 0 aliphatic carbocycles. The Labute approximate surface area is 131 Å². The first kappa shape index (κ1) is 14.5. The SMILES string of the molecule is Cc1cn2c(=O)c(C(=O)Nc3ccc(C)c(C)c3)cnc2s1. The van der Waals surface area contributed by atoms with Gasteiger partial charge >= 0.3 is 0 Å². The van der Waals surface area contributed by atoms with Gasteiger partial charge in [-0.2, -0.15) is 0 Å². The normalized spacial score (nSPS) is 10.9. The average Bonchev–Trinajstić information content (AvgIpc) is 2.85. The molecule has 0 spiro atoms. The van der Waals surface area contributed by atoms with E-state index in [1.54, 1.807) is 6.20 Å². The fourth-order valence-electron chi connectivity index (χ4n) is 2.17. The van der Waals surface area contributed by atoms with E-state index >= 15 is 0 Å². The standard InChI is InChI=1S/C16H15N3O2S/c1-9-4-5-12(6-10(9)2)18-14(20)13-7-17-16-19(15(13)21)8-11(3)22-16/h4-8H,1-3H3,(H,18,20). The van der Waals surface area contributed by atoms with Crippen LogP contribution in [0.4, 0.5) is 5.69 Å². The molecule has 0 atom stereocenters. The molecule has 0 unspecified atom stereocenters. The Balaban J connectivity index is 1.96. The van der Waals surface area contributed by atoms with Gasteiger partial charge in [0.2, 0.25) is 0 Å². The van der Waals surface area contributed by atoms with Crippen molar-refractivity contribution in [1.29, 1.82) is 0 Å². The molecule has 1 N–H and O–H groups in total. The molecule has 112 valence electrons. The van der Waals surface area contributed by atoms with Crippen LogP contribution in [0.25, 0.3) is 4.96 Å². The molecule has 5 nitrogen and oxygen atoms in total. The zero-order valence-electron chi connectivity index (χ0n) is 12.5. The first-order chi connectivity index (χ1) is 10.5. The Morgan fingerprint density at radius 1 is 1.23 bits per heavy atom. The predicted octanol–water partition coefficient (Wildman–Crippen LogP) is 2.93. The number of thiazole rings is 1. The van der Waals surface area contributed by atoms with Crippen LogP contribution in [0.1, 0.15) is 26.4 Å².